The van der Waals surface area contributed by atoms with Gasteiger partial charge >= 0.3 is 0 Å². The van der Waals surface area contributed by atoms with Crippen LogP contribution in [0.3, 0.4) is 0 Å². The normalized spacial score (nSPS) is 46.9. The maximum atomic E-state index is 2.56. The zero-order valence-corrected chi connectivity index (χ0v) is 13.4. The van der Waals surface area contributed by atoms with E-state index >= 15 is 0 Å². The molecule has 19 heavy (non-hydrogen) atoms. The largest absolute Gasteiger partial charge is 0.150 e. The van der Waals surface area contributed by atoms with Gasteiger partial charge in [0.1, 0.15) is 6.71 Å². The molecule has 0 aromatic carbocycles. The maximum Gasteiger partial charge on any atom is 0.150 e. The van der Waals surface area contributed by atoms with E-state index in [1.165, 1.54) is 38.5 Å². The molecule has 3 aliphatic rings. The minimum absolute atomic E-state index is 1.02. The second-order valence-electron chi connectivity index (χ2n) is 8.29. The zero-order chi connectivity index (χ0) is 13.4. The van der Waals surface area contributed by atoms with E-state index < -0.39 is 0 Å². The minimum atomic E-state index is 1.02. The van der Waals surface area contributed by atoms with Crippen molar-refractivity contribution in [3.63, 3.8) is 0 Å². The van der Waals surface area contributed by atoms with Crippen LogP contribution in [-0.4, -0.2) is 6.71 Å². The molecule has 0 nitrogen and oxygen atoms in total. The lowest BCUT2D eigenvalue weighted by Gasteiger charge is -2.37. The van der Waals surface area contributed by atoms with Gasteiger partial charge in [0.15, 0.2) is 0 Å². The van der Waals surface area contributed by atoms with Crippen molar-refractivity contribution in [1.82, 2.24) is 0 Å². The first-order valence-electron chi connectivity index (χ1n) is 9.18. The molecule has 0 N–H and O–H groups in total. The summed E-state index contributed by atoms with van der Waals surface area (Å²) in [6.07, 6.45) is 13.8. The van der Waals surface area contributed by atoms with E-state index in [0.717, 1.165) is 41.9 Å². The molecule has 0 amide bonds. The van der Waals surface area contributed by atoms with Crippen LogP contribution in [0.5, 0.6) is 0 Å². The fourth-order valence-corrected chi connectivity index (χ4v) is 6.19. The van der Waals surface area contributed by atoms with E-state index in [1.54, 1.807) is 19.3 Å². The van der Waals surface area contributed by atoms with Crippen LogP contribution in [0.1, 0.15) is 78.6 Å². The van der Waals surface area contributed by atoms with Gasteiger partial charge in [-0.1, -0.05) is 96.0 Å². The highest BCUT2D eigenvalue weighted by Gasteiger charge is 2.47. The first-order chi connectivity index (χ1) is 9.18. The summed E-state index contributed by atoms with van der Waals surface area (Å²) >= 11 is 0. The van der Waals surface area contributed by atoms with Crippen LogP contribution >= 0.6 is 0 Å². The Morgan fingerprint density at radius 2 is 0.842 bits per heavy atom. The quantitative estimate of drug-likeness (QED) is 0.542. The molecule has 6 atom stereocenters. The lowest BCUT2D eigenvalue weighted by atomic mass is 9.24. The molecular formula is C18H33B. The van der Waals surface area contributed by atoms with E-state index in [9.17, 15) is 0 Å². The fraction of sp³-hybridized carbons (Fsp3) is 1.00. The van der Waals surface area contributed by atoms with Crippen molar-refractivity contribution in [1.29, 1.82) is 0 Å². The Morgan fingerprint density at radius 1 is 0.526 bits per heavy atom. The van der Waals surface area contributed by atoms with Gasteiger partial charge < -0.3 is 0 Å². The van der Waals surface area contributed by atoms with Crippen molar-refractivity contribution in [3.05, 3.63) is 0 Å². The third-order valence-corrected chi connectivity index (χ3v) is 7.27. The molecular weight excluding hydrogens is 227 g/mol. The SMILES string of the molecule is C[C@H]1CCC[C@@H]1B([C@H]1CCC[C@@H]1C)[C@H]1CCC[C@@H]1C. The van der Waals surface area contributed by atoms with Crippen molar-refractivity contribution >= 4 is 6.71 Å². The van der Waals surface area contributed by atoms with E-state index in [2.05, 4.69) is 20.8 Å². The maximum absolute atomic E-state index is 2.56. The minimum Gasteiger partial charge on any atom is -0.0629 e. The highest BCUT2D eigenvalue weighted by molar-refractivity contribution is 6.64. The Hall–Kier alpha value is 0.0649. The van der Waals surface area contributed by atoms with Gasteiger partial charge in [-0.3, -0.25) is 0 Å². The molecule has 0 radical (unpaired) electrons. The van der Waals surface area contributed by atoms with Crippen LogP contribution in [-0.2, 0) is 0 Å². The van der Waals surface area contributed by atoms with Crippen molar-refractivity contribution in [2.45, 2.75) is 96.0 Å². The molecule has 0 bridgehead atoms. The van der Waals surface area contributed by atoms with Gasteiger partial charge in [0.25, 0.3) is 0 Å². The standard InChI is InChI=1S/C18H33B/c1-13-7-4-10-16(13)19(17-11-5-8-14(17)2)18-12-6-9-15(18)3/h13-18H,4-12H2,1-3H3/t13-,14-,15-,16-,17-,18-/m0/s1. The second kappa shape index (κ2) is 5.82. The smallest absolute Gasteiger partial charge is 0.0629 e. The predicted octanol–water partition coefficient (Wildman–Crippen LogP) is 6.05. The van der Waals surface area contributed by atoms with Crippen molar-refractivity contribution in [2.24, 2.45) is 17.8 Å². The van der Waals surface area contributed by atoms with E-state index in [0.29, 0.717) is 0 Å². The van der Waals surface area contributed by atoms with Gasteiger partial charge in [0.2, 0.25) is 0 Å². The van der Waals surface area contributed by atoms with Crippen LogP contribution in [0.4, 0.5) is 0 Å². The molecule has 3 aliphatic carbocycles. The van der Waals surface area contributed by atoms with E-state index in [4.69, 9.17) is 0 Å². The second-order valence-corrected chi connectivity index (χ2v) is 8.29. The fourth-order valence-electron chi connectivity index (χ4n) is 6.19. The average molecular weight is 260 g/mol. The van der Waals surface area contributed by atoms with Gasteiger partial charge in [-0.25, -0.2) is 0 Å². The first kappa shape index (κ1) is 14.0. The van der Waals surface area contributed by atoms with E-state index in [-0.39, 0.29) is 0 Å². The molecule has 0 heterocycles. The summed E-state index contributed by atoms with van der Waals surface area (Å²) in [6, 6.07) is 0. The molecule has 108 valence electrons. The molecule has 0 unspecified atom stereocenters. The van der Waals surface area contributed by atoms with Crippen LogP contribution < -0.4 is 0 Å². The Balaban J connectivity index is 1.82. The van der Waals surface area contributed by atoms with Gasteiger partial charge in [-0.2, -0.15) is 0 Å². The summed E-state index contributed by atoms with van der Waals surface area (Å²) in [5.74, 6) is 6.30. The van der Waals surface area contributed by atoms with E-state index in [1.807, 2.05) is 0 Å². The summed E-state index contributed by atoms with van der Waals surface area (Å²) in [4.78, 5) is 0. The molecule has 3 fully saturated rings. The van der Waals surface area contributed by atoms with Crippen LogP contribution in [0, 0.1) is 17.8 Å². The van der Waals surface area contributed by atoms with Crippen molar-refractivity contribution in [3.8, 4) is 0 Å². The molecule has 0 aromatic heterocycles. The molecule has 0 saturated heterocycles. The summed E-state index contributed by atoms with van der Waals surface area (Å²) in [5, 5.41) is 0. The van der Waals surface area contributed by atoms with Gasteiger partial charge in [0, 0.05) is 0 Å². The Kier molecular flexibility index (Phi) is 4.29. The summed E-state index contributed by atoms with van der Waals surface area (Å²) in [7, 11) is 0. The Bertz CT molecular complexity index is 253. The molecule has 1 heteroatoms. The predicted molar refractivity (Wildman–Crippen MR) is 86.0 cm³/mol. The Labute approximate surface area is 121 Å². The molecule has 0 aliphatic heterocycles. The Morgan fingerprint density at radius 3 is 1.05 bits per heavy atom. The van der Waals surface area contributed by atoms with Crippen molar-refractivity contribution < 1.29 is 0 Å². The third-order valence-electron chi connectivity index (χ3n) is 7.27. The summed E-state index contributed by atoms with van der Waals surface area (Å²) in [6.45, 7) is 8.77. The van der Waals surface area contributed by atoms with Gasteiger partial charge in [0.05, 0.1) is 0 Å². The molecule has 0 aromatic rings. The van der Waals surface area contributed by atoms with Gasteiger partial charge in [-0.15, -0.1) is 0 Å². The number of rotatable bonds is 3. The van der Waals surface area contributed by atoms with Crippen LogP contribution in [0.15, 0.2) is 0 Å². The average Bonchev–Trinajstić information content (AvgIpc) is 3.07. The molecule has 0 spiro atoms. The summed E-state index contributed by atoms with van der Waals surface area (Å²) in [5.41, 5.74) is 0. The van der Waals surface area contributed by atoms with Crippen LogP contribution in [0.2, 0.25) is 17.5 Å². The zero-order valence-electron chi connectivity index (χ0n) is 13.4. The molecule has 3 saturated carbocycles. The van der Waals surface area contributed by atoms with Crippen molar-refractivity contribution in [2.75, 3.05) is 0 Å². The first-order valence-corrected chi connectivity index (χ1v) is 9.18. The van der Waals surface area contributed by atoms with Crippen LogP contribution in [0.25, 0.3) is 0 Å². The topological polar surface area (TPSA) is 0 Å². The van der Waals surface area contributed by atoms with Gasteiger partial charge in [-0.05, 0) is 17.8 Å². The number of hydrogen-bond donors (Lipinski definition) is 0. The number of hydrogen-bond acceptors (Lipinski definition) is 0. The third kappa shape index (κ3) is 2.63. The lowest BCUT2D eigenvalue weighted by Crippen LogP contribution is -2.36. The monoisotopic (exact) mass is 260 g/mol. The lowest BCUT2D eigenvalue weighted by molar-refractivity contribution is 0.517. The molecule has 3 rings (SSSR count). The highest BCUT2D eigenvalue weighted by Crippen LogP contribution is 2.56. The highest BCUT2D eigenvalue weighted by atomic mass is 14.4. The summed E-state index contributed by atoms with van der Waals surface area (Å²) < 4.78 is 0.